The van der Waals surface area contributed by atoms with Gasteiger partial charge in [0, 0.05) is 63.1 Å². The molecule has 7 aromatic carbocycles. The molecule has 49 heavy (non-hydrogen) atoms. The van der Waals surface area contributed by atoms with Crippen LogP contribution in [0.1, 0.15) is 0 Å². The molecule has 5 heteroatoms. The first-order valence-corrected chi connectivity index (χ1v) is 18.1. The van der Waals surface area contributed by atoms with E-state index in [9.17, 15) is 0 Å². The van der Waals surface area contributed by atoms with Crippen molar-refractivity contribution < 1.29 is 0 Å². The summed E-state index contributed by atoms with van der Waals surface area (Å²) in [5.74, 6) is 0.683. The molecule has 4 heterocycles. The third-order valence-corrected chi connectivity index (χ3v) is 12.2. The van der Waals surface area contributed by atoms with E-state index < -0.39 is 0 Å². The molecule has 0 unspecified atom stereocenters. The minimum absolute atomic E-state index is 0.683. The first-order chi connectivity index (χ1) is 24.3. The third-order valence-electron chi connectivity index (χ3n) is 9.82. The Morgan fingerprint density at radius 2 is 1.04 bits per heavy atom. The Balaban J connectivity index is 1.34. The van der Waals surface area contributed by atoms with Gasteiger partial charge in [0.2, 0.25) is 5.95 Å². The SMILES string of the molecule is c1ccc(-c2nc(-n3c4c(-c5cccc6c5sc5ccccc56)cccc4c4ccc5ccccc5c43)nc3c2sc2ccccc23)cc1. The largest absolute Gasteiger partial charge is 0.277 e. The van der Waals surface area contributed by atoms with Crippen molar-refractivity contribution in [2.75, 3.05) is 0 Å². The predicted molar refractivity (Wildman–Crippen MR) is 211 cm³/mol. The molecule has 228 valence electrons. The van der Waals surface area contributed by atoms with Crippen molar-refractivity contribution in [3.63, 3.8) is 0 Å². The van der Waals surface area contributed by atoms with Gasteiger partial charge in [0.25, 0.3) is 0 Å². The fraction of sp³-hybridized carbons (Fsp3) is 0. The van der Waals surface area contributed by atoms with E-state index in [0.29, 0.717) is 5.95 Å². The van der Waals surface area contributed by atoms with Crippen LogP contribution in [0, 0.1) is 0 Å². The van der Waals surface area contributed by atoms with Crippen LogP contribution in [0.2, 0.25) is 0 Å². The van der Waals surface area contributed by atoms with E-state index in [4.69, 9.17) is 9.97 Å². The van der Waals surface area contributed by atoms with Crippen LogP contribution in [-0.2, 0) is 0 Å². The average molecular weight is 660 g/mol. The quantitative estimate of drug-likeness (QED) is 0.189. The lowest BCUT2D eigenvalue weighted by molar-refractivity contribution is 1.02. The summed E-state index contributed by atoms with van der Waals surface area (Å²) >= 11 is 3.64. The second-order valence-electron chi connectivity index (χ2n) is 12.5. The molecule has 0 fully saturated rings. The molecular formula is C44H25N3S2. The van der Waals surface area contributed by atoms with E-state index >= 15 is 0 Å². The number of benzene rings is 7. The Morgan fingerprint density at radius 3 is 1.90 bits per heavy atom. The van der Waals surface area contributed by atoms with Crippen LogP contribution >= 0.6 is 22.7 Å². The van der Waals surface area contributed by atoms with Gasteiger partial charge in [-0.05, 0) is 17.5 Å². The minimum Gasteiger partial charge on any atom is -0.277 e. The average Bonchev–Trinajstić information content (AvgIpc) is 3.85. The zero-order valence-electron chi connectivity index (χ0n) is 26.1. The fourth-order valence-electron chi connectivity index (χ4n) is 7.67. The Kier molecular flexibility index (Phi) is 5.70. The monoisotopic (exact) mass is 659 g/mol. The van der Waals surface area contributed by atoms with Crippen molar-refractivity contribution >= 4 is 95.7 Å². The summed E-state index contributed by atoms with van der Waals surface area (Å²) in [7, 11) is 0. The molecule has 11 rings (SSSR count). The van der Waals surface area contributed by atoms with Crippen molar-refractivity contribution in [3.05, 3.63) is 152 Å². The summed E-state index contributed by atoms with van der Waals surface area (Å²) < 4.78 is 7.27. The molecule has 0 aliphatic heterocycles. The number of hydrogen-bond acceptors (Lipinski definition) is 4. The maximum absolute atomic E-state index is 5.51. The number of hydrogen-bond donors (Lipinski definition) is 0. The van der Waals surface area contributed by atoms with Gasteiger partial charge in [-0.1, -0.05) is 140 Å². The van der Waals surface area contributed by atoms with Gasteiger partial charge in [-0.25, -0.2) is 9.97 Å². The first-order valence-electron chi connectivity index (χ1n) is 16.4. The van der Waals surface area contributed by atoms with Gasteiger partial charge in [0.05, 0.1) is 26.9 Å². The van der Waals surface area contributed by atoms with E-state index in [2.05, 4.69) is 156 Å². The molecule has 0 aliphatic rings. The molecule has 11 aromatic rings. The molecule has 0 bridgehead atoms. The van der Waals surface area contributed by atoms with Crippen LogP contribution in [0.25, 0.3) is 101 Å². The van der Waals surface area contributed by atoms with Crippen LogP contribution in [0.3, 0.4) is 0 Å². The Labute approximate surface area is 289 Å². The Hall–Kier alpha value is -5.88. The van der Waals surface area contributed by atoms with Gasteiger partial charge in [-0.15, -0.1) is 22.7 Å². The van der Waals surface area contributed by atoms with Gasteiger partial charge in [0.1, 0.15) is 0 Å². The number of rotatable bonds is 3. The maximum atomic E-state index is 5.51. The standard InChI is InChI=1S/C44H25N3S2/c1-2-13-27(14-3-1)38-43-39(35-17-7-9-23-37(35)49-43)46-44(45-38)47-40-28-15-5-4-12-26(28)24-25-32(40)30-18-10-19-31(41(30)47)34-21-11-20-33-29-16-6-8-22-36(29)48-42(33)34/h1-25H. The zero-order valence-corrected chi connectivity index (χ0v) is 27.7. The smallest absolute Gasteiger partial charge is 0.235 e. The second-order valence-corrected chi connectivity index (χ2v) is 14.6. The minimum atomic E-state index is 0.683. The van der Waals surface area contributed by atoms with E-state index in [-0.39, 0.29) is 0 Å². The van der Waals surface area contributed by atoms with Gasteiger partial charge >= 0.3 is 0 Å². The lowest BCUT2D eigenvalue weighted by atomic mass is 9.99. The van der Waals surface area contributed by atoms with E-state index in [0.717, 1.165) is 37.9 Å². The van der Waals surface area contributed by atoms with Gasteiger partial charge in [0.15, 0.2) is 0 Å². The maximum Gasteiger partial charge on any atom is 0.235 e. The molecule has 0 spiro atoms. The molecule has 0 N–H and O–H groups in total. The third kappa shape index (κ3) is 3.88. The zero-order chi connectivity index (χ0) is 32.1. The number of thiophene rings is 2. The number of fused-ring (bicyclic) bond motifs is 11. The van der Waals surface area contributed by atoms with Crippen LogP contribution in [0.4, 0.5) is 0 Å². The summed E-state index contributed by atoms with van der Waals surface area (Å²) in [5.41, 5.74) is 7.69. The molecule has 0 aliphatic carbocycles. The predicted octanol–water partition coefficient (Wildman–Crippen LogP) is 12.8. The molecule has 3 nitrogen and oxygen atoms in total. The highest BCUT2D eigenvalue weighted by Gasteiger charge is 2.24. The highest BCUT2D eigenvalue weighted by atomic mass is 32.1. The summed E-state index contributed by atoms with van der Waals surface area (Å²) in [4.78, 5) is 11.0. The van der Waals surface area contributed by atoms with E-state index in [1.165, 1.54) is 57.5 Å². The lowest BCUT2D eigenvalue weighted by Crippen LogP contribution is -2.04. The van der Waals surface area contributed by atoms with Crippen molar-refractivity contribution in [1.29, 1.82) is 0 Å². The van der Waals surface area contributed by atoms with Crippen molar-refractivity contribution in [1.82, 2.24) is 14.5 Å². The summed E-state index contributed by atoms with van der Waals surface area (Å²) in [6.07, 6.45) is 0. The normalized spacial score (nSPS) is 12.1. The van der Waals surface area contributed by atoms with Crippen LogP contribution in [0.5, 0.6) is 0 Å². The highest BCUT2D eigenvalue weighted by Crippen LogP contribution is 2.46. The van der Waals surface area contributed by atoms with Crippen molar-refractivity contribution in [2.24, 2.45) is 0 Å². The highest BCUT2D eigenvalue weighted by molar-refractivity contribution is 7.26. The molecule has 0 atom stereocenters. The van der Waals surface area contributed by atoms with Gasteiger partial charge in [-0.2, -0.15) is 0 Å². The molecule has 4 aromatic heterocycles. The van der Waals surface area contributed by atoms with Crippen molar-refractivity contribution in [3.8, 4) is 28.3 Å². The first kappa shape index (κ1) is 27.1. The lowest BCUT2D eigenvalue weighted by Gasteiger charge is -2.13. The number of aromatic nitrogens is 3. The van der Waals surface area contributed by atoms with Gasteiger partial charge < -0.3 is 0 Å². The fourth-order valence-corrected chi connectivity index (χ4v) is 10.1. The van der Waals surface area contributed by atoms with Gasteiger partial charge in [-0.3, -0.25) is 4.57 Å². The summed E-state index contributed by atoms with van der Waals surface area (Å²) in [5, 5.41) is 8.51. The molecule has 0 radical (unpaired) electrons. The van der Waals surface area contributed by atoms with E-state index in [1.807, 2.05) is 11.3 Å². The number of para-hydroxylation sites is 1. The second kappa shape index (κ2) is 10.3. The Morgan fingerprint density at radius 1 is 0.408 bits per heavy atom. The summed E-state index contributed by atoms with van der Waals surface area (Å²) in [6, 6.07) is 54.5. The van der Waals surface area contributed by atoms with Crippen molar-refractivity contribution in [2.45, 2.75) is 0 Å². The van der Waals surface area contributed by atoms with Crippen LogP contribution in [0.15, 0.2) is 152 Å². The molecular weight excluding hydrogens is 635 g/mol. The Bertz CT molecular complexity index is 3110. The molecule has 0 amide bonds. The van der Waals surface area contributed by atoms with Crippen LogP contribution < -0.4 is 0 Å². The molecule has 0 saturated carbocycles. The molecule has 0 saturated heterocycles. The van der Waals surface area contributed by atoms with E-state index in [1.54, 1.807) is 11.3 Å². The van der Waals surface area contributed by atoms with Crippen LogP contribution in [-0.4, -0.2) is 14.5 Å². The number of nitrogens with zero attached hydrogens (tertiary/aromatic N) is 3. The summed E-state index contributed by atoms with van der Waals surface area (Å²) in [6.45, 7) is 0. The topological polar surface area (TPSA) is 30.7 Å².